The summed E-state index contributed by atoms with van der Waals surface area (Å²) in [5, 5.41) is 0. The summed E-state index contributed by atoms with van der Waals surface area (Å²) < 4.78 is 50.1. The van der Waals surface area contributed by atoms with Gasteiger partial charge in [0.1, 0.15) is 11.9 Å². The lowest BCUT2D eigenvalue weighted by Gasteiger charge is -2.28. The zero-order chi connectivity index (χ0) is 26.0. The number of ether oxygens (including phenoxy) is 2. The molecule has 0 aliphatic heterocycles. The first-order valence-corrected chi connectivity index (χ1v) is 11.4. The molecule has 3 nitrogen and oxygen atoms in total. The molecule has 0 spiro atoms. The van der Waals surface area contributed by atoms with Gasteiger partial charge in [-0.05, 0) is 89.9 Å². The van der Waals surface area contributed by atoms with Gasteiger partial charge in [-0.2, -0.15) is 13.2 Å². The maximum Gasteiger partial charge on any atom is 0.416 e. The summed E-state index contributed by atoms with van der Waals surface area (Å²) >= 11 is 0. The van der Waals surface area contributed by atoms with Gasteiger partial charge in [-0.1, -0.05) is 45.0 Å². The van der Waals surface area contributed by atoms with Crippen molar-refractivity contribution in [2.24, 2.45) is 5.41 Å². The van der Waals surface area contributed by atoms with Crippen molar-refractivity contribution in [2.75, 3.05) is 7.11 Å². The molecule has 0 N–H and O–H groups in total. The SMILES string of the molecule is COC(=O)c1ccc(C(CC(C)(C)C)Oc2cc(C)c(-c3ccc(C(F)(F)F)cc3)c(C)c2)cc1. The van der Waals surface area contributed by atoms with Crippen molar-refractivity contribution in [3.63, 3.8) is 0 Å². The van der Waals surface area contributed by atoms with E-state index < -0.39 is 17.7 Å². The van der Waals surface area contributed by atoms with Gasteiger partial charge >= 0.3 is 12.1 Å². The minimum atomic E-state index is -4.36. The van der Waals surface area contributed by atoms with E-state index in [9.17, 15) is 18.0 Å². The molecule has 3 aromatic carbocycles. The summed E-state index contributed by atoms with van der Waals surface area (Å²) in [4.78, 5) is 11.8. The van der Waals surface area contributed by atoms with Crippen molar-refractivity contribution < 1.29 is 27.4 Å². The fourth-order valence-corrected chi connectivity index (χ4v) is 4.17. The maximum absolute atomic E-state index is 13.0. The Morgan fingerprint density at radius 3 is 1.89 bits per heavy atom. The lowest BCUT2D eigenvalue weighted by Crippen LogP contribution is -2.17. The summed E-state index contributed by atoms with van der Waals surface area (Å²) in [6.07, 6.45) is -3.88. The van der Waals surface area contributed by atoms with Crippen molar-refractivity contribution in [1.82, 2.24) is 0 Å². The third kappa shape index (κ3) is 6.65. The van der Waals surface area contributed by atoms with E-state index >= 15 is 0 Å². The Kier molecular flexibility index (Phi) is 7.63. The third-order valence-electron chi connectivity index (χ3n) is 5.79. The predicted octanol–water partition coefficient (Wildman–Crippen LogP) is 8.33. The molecule has 186 valence electrons. The number of esters is 1. The Morgan fingerprint density at radius 1 is 0.886 bits per heavy atom. The van der Waals surface area contributed by atoms with Gasteiger partial charge in [0.25, 0.3) is 0 Å². The van der Waals surface area contributed by atoms with E-state index in [2.05, 4.69) is 20.8 Å². The average Bonchev–Trinajstić information content (AvgIpc) is 2.76. The summed E-state index contributed by atoms with van der Waals surface area (Å²) in [7, 11) is 1.35. The minimum Gasteiger partial charge on any atom is -0.486 e. The number of carbonyl (C=O) groups excluding carboxylic acids is 1. The highest BCUT2D eigenvalue weighted by Crippen LogP contribution is 2.37. The number of halogens is 3. The van der Waals surface area contributed by atoms with Crippen LogP contribution >= 0.6 is 0 Å². The van der Waals surface area contributed by atoms with Crippen LogP contribution in [0.15, 0.2) is 60.7 Å². The summed E-state index contributed by atoms with van der Waals surface area (Å²) in [5.74, 6) is 0.289. The van der Waals surface area contributed by atoms with E-state index in [1.165, 1.54) is 19.2 Å². The van der Waals surface area contributed by atoms with Gasteiger partial charge in [0.2, 0.25) is 0 Å². The van der Waals surface area contributed by atoms with Crippen molar-refractivity contribution in [1.29, 1.82) is 0 Å². The van der Waals surface area contributed by atoms with Crippen molar-refractivity contribution in [2.45, 2.75) is 53.3 Å². The average molecular weight is 485 g/mol. The number of rotatable bonds is 6. The van der Waals surface area contributed by atoms with Crippen LogP contribution in [0.5, 0.6) is 5.75 Å². The first-order chi connectivity index (χ1) is 16.3. The number of hydrogen-bond donors (Lipinski definition) is 0. The molecular formula is C29H31F3O3. The Balaban J connectivity index is 1.91. The maximum atomic E-state index is 13.0. The molecule has 0 fully saturated rings. The number of hydrogen-bond acceptors (Lipinski definition) is 3. The Bertz CT molecular complexity index is 1150. The summed E-state index contributed by atoms with van der Waals surface area (Å²) in [5.41, 5.74) is 4.17. The molecule has 0 saturated carbocycles. The highest BCUT2D eigenvalue weighted by molar-refractivity contribution is 5.89. The van der Waals surface area contributed by atoms with Crippen molar-refractivity contribution >= 4 is 5.97 Å². The van der Waals surface area contributed by atoms with Gasteiger partial charge in [-0.25, -0.2) is 4.79 Å². The number of benzene rings is 3. The number of carbonyl (C=O) groups is 1. The monoisotopic (exact) mass is 484 g/mol. The summed E-state index contributed by atoms with van der Waals surface area (Å²) in [6, 6.07) is 16.3. The van der Waals surface area contributed by atoms with Crippen LogP contribution < -0.4 is 4.74 Å². The lowest BCUT2D eigenvalue weighted by atomic mass is 9.86. The quantitative estimate of drug-likeness (QED) is 0.330. The van der Waals surface area contributed by atoms with Gasteiger partial charge in [-0.3, -0.25) is 0 Å². The molecular weight excluding hydrogens is 453 g/mol. The van der Waals surface area contributed by atoms with Gasteiger partial charge in [0.15, 0.2) is 0 Å². The minimum absolute atomic E-state index is 0.0179. The Labute approximate surface area is 204 Å². The molecule has 6 heteroatoms. The van der Waals surface area contributed by atoms with E-state index in [4.69, 9.17) is 9.47 Å². The van der Waals surface area contributed by atoms with Crippen LogP contribution in [0, 0.1) is 19.3 Å². The zero-order valence-electron chi connectivity index (χ0n) is 20.9. The molecule has 0 bridgehead atoms. The molecule has 0 amide bonds. The molecule has 3 aromatic rings. The van der Waals surface area contributed by atoms with E-state index in [-0.39, 0.29) is 11.5 Å². The van der Waals surface area contributed by atoms with Crippen LogP contribution in [0.4, 0.5) is 13.2 Å². The fourth-order valence-electron chi connectivity index (χ4n) is 4.17. The molecule has 0 aromatic heterocycles. The van der Waals surface area contributed by atoms with Crippen LogP contribution in [0.3, 0.4) is 0 Å². The van der Waals surface area contributed by atoms with Gasteiger partial charge < -0.3 is 9.47 Å². The molecule has 35 heavy (non-hydrogen) atoms. The Morgan fingerprint density at radius 2 is 1.43 bits per heavy atom. The topological polar surface area (TPSA) is 35.5 Å². The van der Waals surface area contributed by atoms with Gasteiger partial charge in [0.05, 0.1) is 18.2 Å². The van der Waals surface area contributed by atoms with Crippen LogP contribution in [0.1, 0.15) is 65.9 Å². The first kappa shape index (κ1) is 26.3. The normalized spacial score (nSPS) is 12.8. The van der Waals surface area contributed by atoms with Gasteiger partial charge in [0, 0.05) is 0 Å². The second-order valence-corrected chi connectivity index (χ2v) is 9.99. The van der Waals surface area contributed by atoms with E-state index in [0.717, 1.165) is 46.4 Å². The van der Waals surface area contributed by atoms with Crippen LogP contribution in [0.2, 0.25) is 0 Å². The predicted molar refractivity (Wildman–Crippen MR) is 132 cm³/mol. The molecule has 0 radical (unpaired) electrons. The molecule has 0 aliphatic rings. The van der Waals surface area contributed by atoms with Crippen LogP contribution in [-0.2, 0) is 10.9 Å². The van der Waals surface area contributed by atoms with Crippen LogP contribution in [0.25, 0.3) is 11.1 Å². The smallest absolute Gasteiger partial charge is 0.416 e. The largest absolute Gasteiger partial charge is 0.486 e. The number of methoxy groups -OCH3 is 1. The van der Waals surface area contributed by atoms with Crippen LogP contribution in [-0.4, -0.2) is 13.1 Å². The van der Waals surface area contributed by atoms with Crippen molar-refractivity contribution in [3.05, 3.63) is 88.5 Å². The third-order valence-corrected chi connectivity index (χ3v) is 5.79. The molecule has 1 atom stereocenters. The number of alkyl halides is 3. The Hall–Kier alpha value is -3.28. The first-order valence-electron chi connectivity index (χ1n) is 11.4. The second-order valence-electron chi connectivity index (χ2n) is 9.99. The molecule has 0 aliphatic carbocycles. The van der Waals surface area contributed by atoms with E-state index in [1.807, 2.05) is 38.1 Å². The van der Waals surface area contributed by atoms with Gasteiger partial charge in [-0.15, -0.1) is 0 Å². The van der Waals surface area contributed by atoms with E-state index in [1.54, 1.807) is 12.1 Å². The highest BCUT2D eigenvalue weighted by Gasteiger charge is 2.30. The molecule has 1 unspecified atom stereocenters. The summed E-state index contributed by atoms with van der Waals surface area (Å²) in [6.45, 7) is 10.3. The standard InChI is InChI=1S/C29H31F3O3/c1-18-15-24(16-19(2)26(18)21-11-13-23(14-12-21)29(30,31)32)35-25(17-28(3,4)5)20-7-9-22(10-8-20)27(33)34-6/h7-16,25H,17H2,1-6H3. The molecule has 0 heterocycles. The number of aryl methyl sites for hydroxylation is 2. The molecule has 0 saturated heterocycles. The second kappa shape index (κ2) is 10.1. The van der Waals surface area contributed by atoms with Crippen molar-refractivity contribution in [3.8, 4) is 16.9 Å². The van der Waals surface area contributed by atoms with E-state index in [0.29, 0.717) is 11.3 Å². The lowest BCUT2D eigenvalue weighted by molar-refractivity contribution is -0.137. The molecule has 3 rings (SSSR count). The fraction of sp³-hybridized carbons (Fsp3) is 0.345. The zero-order valence-corrected chi connectivity index (χ0v) is 20.9. The highest BCUT2D eigenvalue weighted by atomic mass is 19.4.